The maximum Gasteiger partial charge on any atom is 0.324 e. The number of nitrogens with zero attached hydrogens (tertiary/aromatic N) is 4. The van der Waals surface area contributed by atoms with Crippen molar-refractivity contribution in [3.05, 3.63) is 11.4 Å². The van der Waals surface area contributed by atoms with Gasteiger partial charge in [-0.05, 0) is 12.8 Å². The molecule has 1 aromatic rings. The number of urea groups is 1. The number of amides is 2. The molecule has 2 heterocycles. The highest BCUT2D eigenvalue weighted by Gasteiger charge is 2.32. The lowest BCUT2D eigenvalue weighted by Gasteiger charge is -2.38. The average Bonchev–Trinajstić information content (AvgIpc) is 2.41. The average molecular weight is 293 g/mol. The molecule has 0 spiro atoms. The molecule has 0 unspecified atom stereocenters. The van der Waals surface area contributed by atoms with Crippen LogP contribution >= 0.6 is 0 Å². The van der Waals surface area contributed by atoms with Gasteiger partial charge in [-0.15, -0.1) is 10.2 Å². The summed E-state index contributed by atoms with van der Waals surface area (Å²) in [7, 11) is 0. The number of nitrogens with one attached hydrogen (secondary N) is 1. The zero-order valence-electron chi connectivity index (χ0n) is 12.2. The van der Waals surface area contributed by atoms with Crippen LogP contribution in [-0.2, 0) is 17.6 Å². The van der Waals surface area contributed by atoms with E-state index in [2.05, 4.69) is 20.5 Å². The number of aromatic nitrogens is 3. The fourth-order valence-electron chi connectivity index (χ4n) is 2.28. The molecule has 1 aliphatic heterocycles. The summed E-state index contributed by atoms with van der Waals surface area (Å²) in [4.78, 5) is 28.3. The van der Waals surface area contributed by atoms with Gasteiger partial charge in [0.25, 0.3) is 5.95 Å². The highest BCUT2D eigenvalue weighted by Crippen LogP contribution is 2.19. The molecule has 1 saturated heterocycles. The molecule has 1 fully saturated rings. The lowest BCUT2D eigenvalue weighted by atomic mass is 9.97. The van der Waals surface area contributed by atoms with Gasteiger partial charge in [-0.2, -0.15) is 0 Å². The van der Waals surface area contributed by atoms with Gasteiger partial charge in [-0.25, -0.2) is 9.78 Å². The Bertz CT molecular complexity index is 543. The summed E-state index contributed by atoms with van der Waals surface area (Å²) < 4.78 is 0. The van der Waals surface area contributed by atoms with Crippen LogP contribution in [0.2, 0.25) is 0 Å². The molecule has 0 atom stereocenters. The van der Waals surface area contributed by atoms with Crippen molar-refractivity contribution in [1.82, 2.24) is 20.1 Å². The molecule has 1 aromatic heterocycles. The van der Waals surface area contributed by atoms with Crippen molar-refractivity contribution in [2.24, 2.45) is 5.92 Å². The molecule has 0 bridgehead atoms. The van der Waals surface area contributed by atoms with Crippen LogP contribution in [0.3, 0.4) is 0 Å². The number of carboxylic acids is 1. The molecule has 114 valence electrons. The first kappa shape index (κ1) is 15.1. The van der Waals surface area contributed by atoms with Crippen molar-refractivity contribution in [2.75, 3.05) is 18.4 Å². The van der Waals surface area contributed by atoms with Gasteiger partial charge in [0.2, 0.25) is 0 Å². The number of hydrogen-bond donors (Lipinski definition) is 2. The number of aliphatic carboxylic acids is 1. The number of hydrogen-bond acceptors (Lipinski definition) is 5. The second-order valence-electron chi connectivity index (χ2n) is 5.03. The first-order chi connectivity index (χ1) is 10.0. The molecule has 2 amide bonds. The Balaban J connectivity index is 1.90. The van der Waals surface area contributed by atoms with E-state index in [4.69, 9.17) is 5.11 Å². The molecule has 1 aliphatic rings. The van der Waals surface area contributed by atoms with Crippen molar-refractivity contribution in [1.29, 1.82) is 0 Å². The van der Waals surface area contributed by atoms with Crippen LogP contribution in [-0.4, -0.2) is 50.3 Å². The van der Waals surface area contributed by atoms with Crippen molar-refractivity contribution in [2.45, 2.75) is 33.1 Å². The predicted octanol–water partition coefficient (Wildman–Crippen LogP) is 0.935. The van der Waals surface area contributed by atoms with Crippen molar-refractivity contribution < 1.29 is 14.7 Å². The first-order valence-corrected chi connectivity index (χ1v) is 7.03. The highest BCUT2D eigenvalue weighted by atomic mass is 16.4. The van der Waals surface area contributed by atoms with Gasteiger partial charge in [0.05, 0.1) is 17.8 Å². The van der Waals surface area contributed by atoms with E-state index in [0.29, 0.717) is 13.1 Å². The summed E-state index contributed by atoms with van der Waals surface area (Å²) in [5.74, 6) is -0.618. The number of rotatable bonds is 5. The topological polar surface area (TPSA) is 108 Å². The zero-order chi connectivity index (χ0) is 15.4. The molecular weight excluding hydrogens is 274 g/mol. The number of carbonyl (C=O) groups is 2. The van der Waals surface area contributed by atoms with Gasteiger partial charge in [0.15, 0.2) is 0 Å². The summed E-state index contributed by atoms with van der Waals surface area (Å²) in [6, 6.07) is -0.315. The third kappa shape index (κ3) is 3.65. The summed E-state index contributed by atoms with van der Waals surface area (Å²) in [6.45, 7) is 4.84. The number of likely N-dealkylation sites (tertiary alicyclic amines) is 1. The van der Waals surface area contributed by atoms with Crippen LogP contribution < -0.4 is 5.32 Å². The van der Waals surface area contributed by atoms with Gasteiger partial charge >= 0.3 is 12.0 Å². The Morgan fingerprint density at radius 2 is 1.90 bits per heavy atom. The molecule has 21 heavy (non-hydrogen) atoms. The van der Waals surface area contributed by atoms with Gasteiger partial charge in [0.1, 0.15) is 0 Å². The van der Waals surface area contributed by atoms with E-state index in [1.807, 2.05) is 13.8 Å². The van der Waals surface area contributed by atoms with E-state index in [-0.39, 0.29) is 24.3 Å². The third-order valence-electron chi connectivity index (χ3n) is 3.44. The standard InChI is InChI=1S/C13H19N5O3/c1-3-9-10(4-2)16-17-12(14-9)15-13(21)18-6-8(7-18)5-11(19)20/h8H,3-7H2,1-2H3,(H,19,20)(H,14,15,17,21). The normalized spacial score (nSPS) is 14.7. The monoisotopic (exact) mass is 293 g/mol. The minimum Gasteiger partial charge on any atom is -0.481 e. The van der Waals surface area contributed by atoms with Gasteiger partial charge < -0.3 is 10.0 Å². The van der Waals surface area contributed by atoms with Crippen LogP contribution in [0.15, 0.2) is 0 Å². The van der Waals surface area contributed by atoms with E-state index in [1.54, 1.807) is 0 Å². The third-order valence-corrected chi connectivity index (χ3v) is 3.44. The van der Waals surface area contributed by atoms with E-state index >= 15 is 0 Å². The van der Waals surface area contributed by atoms with Crippen molar-refractivity contribution >= 4 is 17.9 Å². The van der Waals surface area contributed by atoms with Crippen LogP contribution in [0.1, 0.15) is 31.7 Å². The van der Waals surface area contributed by atoms with Crippen LogP contribution in [0.4, 0.5) is 10.7 Å². The number of carbonyl (C=O) groups excluding carboxylic acids is 1. The summed E-state index contributed by atoms with van der Waals surface area (Å²) in [5.41, 5.74) is 1.66. The van der Waals surface area contributed by atoms with Gasteiger partial charge in [0, 0.05) is 19.0 Å². The number of carboxylic acid groups (broad SMARTS) is 1. The van der Waals surface area contributed by atoms with E-state index in [0.717, 1.165) is 24.2 Å². The molecule has 0 saturated carbocycles. The van der Waals surface area contributed by atoms with Crippen LogP contribution in [0.5, 0.6) is 0 Å². The maximum absolute atomic E-state index is 11.9. The molecule has 0 aliphatic carbocycles. The minimum absolute atomic E-state index is 0.0287. The summed E-state index contributed by atoms with van der Waals surface area (Å²) in [5, 5.41) is 19.2. The molecule has 0 aromatic carbocycles. The van der Waals surface area contributed by atoms with E-state index in [9.17, 15) is 9.59 Å². The SMILES string of the molecule is CCc1nnc(NC(=O)N2CC(CC(=O)O)C2)nc1CC. The molecule has 2 N–H and O–H groups in total. The first-order valence-electron chi connectivity index (χ1n) is 7.03. The Morgan fingerprint density at radius 1 is 1.24 bits per heavy atom. The Morgan fingerprint density at radius 3 is 2.48 bits per heavy atom. The van der Waals surface area contributed by atoms with Crippen LogP contribution in [0, 0.1) is 5.92 Å². The van der Waals surface area contributed by atoms with Crippen LogP contribution in [0.25, 0.3) is 0 Å². The van der Waals surface area contributed by atoms with E-state index < -0.39 is 5.97 Å². The van der Waals surface area contributed by atoms with E-state index in [1.165, 1.54) is 4.90 Å². The number of anilines is 1. The Kier molecular flexibility index (Phi) is 4.66. The fraction of sp³-hybridized carbons (Fsp3) is 0.615. The second kappa shape index (κ2) is 6.47. The Labute approximate surface area is 122 Å². The van der Waals surface area contributed by atoms with Gasteiger partial charge in [-0.1, -0.05) is 13.8 Å². The molecule has 8 nitrogen and oxygen atoms in total. The number of aryl methyl sites for hydroxylation is 2. The zero-order valence-corrected chi connectivity index (χ0v) is 12.2. The van der Waals surface area contributed by atoms with Crippen molar-refractivity contribution in [3.8, 4) is 0 Å². The molecule has 2 rings (SSSR count). The van der Waals surface area contributed by atoms with Gasteiger partial charge in [-0.3, -0.25) is 10.1 Å². The second-order valence-corrected chi connectivity index (χ2v) is 5.03. The molecular formula is C13H19N5O3. The molecule has 0 radical (unpaired) electrons. The smallest absolute Gasteiger partial charge is 0.324 e. The maximum atomic E-state index is 11.9. The predicted molar refractivity (Wildman–Crippen MR) is 74.9 cm³/mol. The Hall–Kier alpha value is -2.25. The minimum atomic E-state index is -0.838. The largest absolute Gasteiger partial charge is 0.481 e. The lowest BCUT2D eigenvalue weighted by molar-refractivity contribution is -0.139. The quantitative estimate of drug-likeness (QED) is 0.836. The molecule has 8 heteroatoms. The summed E-state index contributed by atoms with van der Waals surface area (Å²) in [6.07, 6.45) is 1.57. The summed E-state index contributed by atoms with van der Waals surface area (Å²) >= 11 is 0. The van der Waals surface area contributed by atoms with Crippen molar-refractivity contribution in [3.63, 3.8) is 0 Å². The highest BCUT2D eigenvalue weighted by molar-refractivity contribution is 5.88. The lowest BCUT2D eigenvalue weighted by Crippen LogP contribution is -2.52. The fourth-order valence-corrected chi connectivity index (χ4v) is 2.28.